The van der Waals surface area contributed by atoms with Crippen molar-refractivity contribution in [3.05, 3.63) is 82.2 Å². The molecule has 4 heterocycles. The van der Waals surface area contributed by atoms with Crippen LogP contribution in [-0.2, 0) is 4.79 Å². The summed E-state index contributed by atoms with van der Waals surface area (Å²) in [6.45, 7) is 2.73. The molecular formula is C28H26ClN5O2. The van der Waals surface area contributed by atoms with Gasteiger partial charge in [0, 0.05) is 24.0 Å². The maximum Gasteiger partial charge on any atom is 0.267 e. The third kappa shape index (κ3) is 4.08. The summed E-state index contributed by atoms with van der Waals surface area (Å²) in [5.74, 6) is 1.11. The number of anilines is 1. The molecule has 0 saturated carbocycles. The number of amides is 1. The minimum atomic E-state index is -0.200. The van der Waals surface area contributed by atoms with Gasteiger partial charge in [-0.25, -0.2) is 14.5 Å². The molecule has 2 aromatic carbocycles. The summed E-state index contributed by atoms with van der Waals surface area (Å²) in [5, 5.41) is 1.01. The van der Waals surface area contributed by atoms with E-state index in [4.69, 9.17) is 16.6 Å². The van der Waals surface area contributed by atoms with E-state index in [9.17, 15) is 9.59 Å². The Bertz CT molecular complexity index is 1480. The number of nitrogens with zero attached hydrogens (tertiary/aromatic N) is 5. The Balaban J connectivity index is 1.39. The summed E-state index contributed by atoms with van der Waals surface area (Å²) >= 11 is 6.04. The van der Waals surface area contributed by atoms with E-state index in [0.717, 1.165) is 43.7 Å². The van der Waals surface area contributed by atoms with Crippen LogP contribution in [0.15, 0.2) is 71.7 Å². The number of piperidine rings is 1. The summed E-state index contributed by atoms with van der Waals surface area (Å²) in [7, 11) is 0. The van der Waals surface area contributed by atoms with E-state index in [1.165, 1.54) is 23.6 Å². The van der Waals surface area contributed by atoms with Crippen molar-refractivity contribution in [3.63, 3.8) is 0 Å². The number of carbonyl (C=O) groups excluding carboxylic acids is 1. The molecule has 0 radical (unpaired) electrons. The molecule has 2 aliphatic heterocycles. The Labute approximate surface area is 214 Å². The quantitative estimate of drug-likeness (QED) is 0.407. The van der Waals surface area contributed by atoms with Crippen LogP contribution in [0.25, 0.3) is 28.1 Å². The largest absolute Gasteiger partial charge is 0.311 e. The number of carbonyl (C=O) groups is 1. The van der Waals surface area contributed by atoms with E-state index in [0.29, 0.717) is 27.6 Å². The standard InChI is InChI=1S/C28H26ClN5O2/c29-20-11-14-25(30-18-20)34-26(31-23-7-2-1-6-22(23)27(34)35)19-9-12-21(13-10-19)33-17-5-8-24(28(33)36)32-15-3-4-16-32/h1-2,6-7,9-14,18,24H,3-5,8,15-17H2. The molecule has 2 aliphatic rings. The van der Waals surface area contributed by atoms with Crippen LogP contribution in [0, 0.1) is 0 Å². The van der Waals surface area contributed by atoms with E-state index >= 15 is 0 Å². The molecule has 2 fully saturated rings. The predicted molar refractivity (Wildman–Crippen MR) is 142 cm³/mol. The van der Waals surface area contributed by atoms with E-state index in [-0.39, 0.29) is 17.5 Å². The average molecular weight is 500 g/mol. The van der Waals surface area contributed by atoms with Gasteiger partial charge in [0.25, 0.3) is 5.56 Å². The van der Waals surface area contributed by atoms with Crippen LogP contribution in [-0.4, -0.2) is 51.0 Å². The van der Waals surface area contributed by atoms with Crippen molar-refractivity contribution in [2.24, 2.45) is 0 Å². The van der Waals surface area contributed by atoms with E-state index < -0.39 is 0 Å². The van der Waals surface area contributed by atoms with Gasteiger partial charge in [-0.05, 0) is 87.3 Å². The Kier molecular flexibility index (Phi) is 6.03. The van der Waals surface area contributed by atoms with E-state index in [1.54, 1.807) is 18.2 Å². The minimum Gasteiger partial charge on any atom is -0.311 e. The van der Waals surface area contributed by atoms with Crippen molar-refractivity contribution in [2.75, 3.05) is 24.5 Å². The fourth-order valence-electron chi connectivity index (χ4n) is 5.33. The molecule has 1 atom stereocenters. The van der Waals surface area contributed by atoms with Crippen LogP contribution in [0.5, 0.6) is 0 Å². The molecule has 6 rings (SSSR count). The lowest BCUT2D eigenvalue weighted by molar-refractivity contribution is -0.124. The molecule has 4 aromatic rings. The molecule has 8 heteroatoms. The zero-order valence-electron chi connectivity index (χ0n) is 19.8. The SMILES string of the molecule is O=C1C(N2CCCC2)CCCN1c1ccc(-c2nc3ccccc3c(=O)n2-c2ccc(Cl)cn2)cc1. The molecule has 7 nitrogen and oxygen atoms in total. The number of benzene rings is 2. The highest BCUT2D eigenvalue weighted by atomic mass is 35.5. The van der Waals surface area contributed by atoms with Crippen molar-refractivity contribution in [3.8, 4) is 17.2 Å². The molecule has 0 aliphatic carbocycles. The number of halogens is 1. The Morgan fingerprint density at radius 3 is 2.39 bits per heavy atom. The molecular weight excluding hydrogens is 474 g/mol. The lowest BCUT2D eigenvalue weighted by Crippen LogP contribution is -2.51. The second kappa shape index (κ2) is 9.48. The topological polar surface area (TPSA) is 71.3 Å². The number of hydrogen-bond acceptors (Lipinski definition) is 5. The first kappa shape index (κ1) is 22.9. The number of hydrogen-bond donors (Lipinski definition) is 0. The van der Waals surface area contributed by atoms with Crippen LogP contribution in [0.4, 0.5) is 5.69 Å². The van der Waals surface area contributed by atoms with Crippen LogP contribution in [0.2, 0.25) is 5.02 Å². The summed E-state index contributed by atoms with van der Waals surface area (Å²) < 4.78 is 1.52. The fraction of sp³-hybridized carbons (Fsp3) is 0.286. The normalized spacial score (nSPS) is 18.8. The van der Waals surface area contributed by atoms with Gasteiger partial charge in [-0.3, -0.25) is 14.5 Å². The van der Waals surface area contributed by atoms with Crippen molar-refractivity contribution in [1.82, 2.24) is 19.4 Å². The molecule has 1 amide bonds. The summed E-state index contributed by atoms with van der Waals surface area (Å²) in [5.41, 5.74) is 2.05. The minimum absolute atomic E-state index is 0.0239. The molecule has 2 aromatic heterocycles. The van der Waals surface area contributed by atoms with Crippen molar-refractivity contribution in [1.29, 1.82) is 0 Å². The first-order valence-corrected chi connectivity index (χ1v) is 12.8. The zero-order chi connectivity index (χ0) is 24.6. The smallest absolute Gasteiger partial charge is 0.267 e. The van der Waals surface area contributed by atoms with Crippen LogP contribution in [0.1, 0.15) is 25.7 Å². The van der Waals surface area contributed by atoms with Crippen LogP contribution >= 0.6 is 11.6 Å². The highest BCUT2D eigenvalue weighted by Crippen LogP contribution is 2.29. The summed E-state index contributed by atoms with van der Waals surface area (Å²) in [6, 6.07) is 18.4. The van der Waals surface area contributed by atoms with Gasteiger partial charge in [0.15, 0.2) is 0 Å². The van der Waals surface area contributed by atoms with Gasteiger partial charge >= 0.3 is 0 Å². The average Bonchev–Trinajstić information content (AvgIpc) is 3.45. The van der Waals surface area contributed by atoms with Gasteiger partial charge in [-0.15, -0.1) is 0 Å². The van der Waals surface area contributed by atoms with Crippen molar-refractivity contribution >= 4 is 34.1 Å². The zero-order valence-corrected chi connectivity index (χ0v) is 20.6. The van der Waals surface area contributed by atoms with Gasteiger partial charge < -0.3 is 4.90 Å². The van der Waals surface area contributed by atoms with Crippen LogP contribution < -0.4 is 10.5 Å². The lowest BCUT2D eigenvalue weighted by atomic mass is 10.0. The van der Waals surface area contributed by atoms with Gasteiger partial charge in [0.2, 0.25) is 5.91 Å². The number of pyridine rings is 1. The molecule has 1 unspecified atom stereocenters. The number of para-hydroxylation sites is 1. The van der Waals surface area contributed by atoms with Gasteiger partial charge in [-0.1, -0.05) is 23.7 Å². The molecule has 0 bridgehead atoms. The maximum absolute atomic E-state index is 13.5. The molecule has 182 valence electrons. The highest BCUT2D eigenvalue weighted by molar-refractivity contribution is 6.30. The number of fused-ring (bicyclic) bond motifs is 1. The second-order valence-corrected chi connectivity index (χ2v) is 9.80. The fourth-order valence-corrected chi connectivity index (χ4v) is 5.45. The third-order valence-electron chi connectivity index (χ3n) is 7.15. The number of likely N-dealkylation sites (tertiary alicyclic amines) is 1. The number of rotatable bonds is 4. The van der Waals surface area contributed by atoms with Gasteiger partial charge in [0.05, 0.1) is 22.0 Å². The first-order chi connectivity index (χ1) is 17.6. The van der Waals surface area contributed by atoms with Gasteiger partial charge in [0.1, 0.15) is 11.6 Å². The van der Waals surface area contributed by atoms with Crippen molar-refractivity contribution in [2.45, 2.75) is 31.7 Å². The third-order valence-corrected chi connectivity index (χ3v) is 7.37. The summed E-state index contributed by atoms with van der Waals surface area (Å²) in [4.78, 5) is 40.3. The van der Waals surface area contributed by atoms with E-state index in [2.05, 4.69) is 9.88 Å². The summed E-state index contributed by atoms with van der Waals surface area (Å²) in [6.07, 6.45) is 5.77. The Morgan fingerprint density at radius 2 is 1.64 bits per heavy atom. The number of aromatic nitrogens is 3. The first-order valence-electron chi connectivity index (χ1n) is 12.4. The monoisotopic (exact) mass is 499 g/mol. The van der Waals surface area contributed by atoms with E-state index in [1.807, 2.05) is 47.4 Å². The van der Waals surface area contributed by atoms with Crippen molar-refractivity contribution < 1.29 is 4.79 Å². The Hall–Kier alpha value is -3.55. The van der Waals surface area contributed by atoms with Gasteiger partial charge in [-0.2, -0.15) is 0 Å². The lowest BCUT2D eigenvalue weighted by Gasteiger charge is -2.36. The highest BCUT2D eigenvalue weighted by Gasteiger charge is 2.35. The Morgan fingerprint density at radius 1 is 0.861 bits per heavy atom. The molecule has 0 spiro atoms. The molecule has 0 N–H and O–H groups in total. The molecule has 2 saturated heterocycles. The second-order valence-electron chi connectivity index (χ2n) is 9.37. The molecule has 36 heavy (non-hydrogen) atoms. The predicted octanol–water partition coefficient (Wildman–Crippen LogP) is 4.69. The van der Waals surface area contributed by atoms with Crippen LogP contribution in [0.3, 0.4) is 0 Å². The maximum atomic E-state index is 13.5.